The normalized spacial score (nSPS) is 32.8. The lowest BCUT2D eigenvalue weighted by atomic mass is 9.65. The zero-order valence-corrected chi connectivity index (χ0v) is 21.0. The molecule has 1 spiro atoms. The zero-order chi connectivity index (χ0) is 25.0. The number of carbonyl (C=O) groups is 3. The van der Waals surface area contributed by atoms with Crippen LogP contribution in [0.25, 0.3) is 0 Å². The third-order valence-electron chi connectivity index (χ3n) is 8.44. The van der Waals surface area contributed by atoms with E-state index in [0.29, 0.717) is 24.9 Å². The highest BCUT2D eigenvalue weighted by Crippen LogP contribution is 2.64. The molecular formula is C26H37N3O5. The molecule has 2 bridgehead atoms. The molecule has 8 heteroatoms. The van der Waals surface area contributed by atoms with Crippen molar-refractivity contribution in [3.63, 3.8) is 0 Å². The summed E-state index contributed by atoms with van der Waals surface area (Å²) < 4.78 is 6.70. The van der Waals surface area contributed by atoms with Gasteiger partial charge < -0.3 is 25.4 Å². The van der Waals surface area contributed by atoms with Gasteiger partial charge in [-0.1, -0.05) is 39.0 Å². The first-order valence-corrected chi connectivity index (χ1v) is 12.3. The van der Waals surface area contributed by atoms with Crippen LogP contribution < -0.4 is 10.6 Å². The molecule has 3 heterocycles. The highest BCUT2D eigenvalue weighted by molar-refractivity contribution is 6.04. The highest BCUT2D eigenvalue weighted by Gasteiger charge is 2.79. The molecule has 1 aromatic carbocycles. The molecule has 3 aliphatic heterocycles. The van der Waals surface area contributed by atoms with Crippen LogP contribution >= 0.6 is 0 Å². The molecule has 3 amide bonds. The minimum Gasteiger partial charge on any atom is -0.394 e. The van der Waals surface area contributed by atoms with E-state index >= 15 is 0 Å². The van der Waals surface area contributed by atoms with Crippen molar-refractivity contribution < 1.29 is 24.2 Å². The number of aryl methyl sites for hydroxylation is 2. The van der Waals surface area contributed by atoms with E-state index < -0.39 is 35.1 Å². The van der Waals surface area contributed by atoms with Crippen molar-refractivity contribution in [2.24, 2.45) is 17.8 Å². The molecule has 0 saturated carbocycles. The van der Waals surface area contributed by atoms with Crippen LogP contribution in [0.5, 0.6) is 0 Å². The number of hydrogen-bond acceptors (Lipinski definition) is 5. The van der Waals surface area contributed by atoms with Crippen LogP contribution in [0, 0.1) is 31.6 Å². The second-order valence-electron chi connectivity index (χ2n) is 10.4. The van der Waals surface area contributed by atoms with Crippen molar-refractivity contribution in [3.8, 4) is 0 Å². The fourth-order valence-electron chi connectivity index (χ4n) is 6.69. The SMILES string of the molecule is CC[C@@]12CCC3(O1)C(C(=O)Nc1c(C)cccc1C)N([C@@H](CO)C(C)C)C(=O)[C@@H]3[C@@H]2C(=O)NC. The minimum atomic E-state index is -1.10. The Labute approximate surface area is 201 Å². The lowest BCUT2D eigenvalue weighted by Gasteiger charge is -2.38. The average Bonchev–Trinajstić information content (AvgIpc) is 3.40. The number of ether oxygens (including phenoxy) is 1. The van der Waals surface area contributed by atoms with E-state index in [4.69, 9.17) is 4.74 Å². The summed E-state index contributed by atoms with van der Waals surface area (Å²) in [5, 5.41) is 16.0. The number of fused-ring (bicyclic) bond motifs is 1. The molecule has 3 aliphatic rings. The van der Waals surface area contributed by atoms with Gasteiger partial charge in [-0.15, -0.1) is 0 Å². The van der Waals surface area contributed by atoms with Gasteiger partial charge in [0.2, 0.25) is 17.7 Å². The van der Waals surface area contributed by atoms with Crippen molar-refractivity contribution in [3.05, 3.63) is 29.3 Å². The Balaban J connectivity index is 1.84. The van der Waals surface area contributed by atoms with Crippen LogP contribution in [-0.4, -0.2) is 64.7 Å². The lowest BCUT2D eigenvalue weighted by Crippen LogP contribution is -2.57. The predicted molar refractivity (Wildman–Crippen MR) is 128 cm³/mol. The Bertz CT molecular complexity index is 990. The summed E-state index contributed by atoms with van der Waals surface area (Å²) in [5.74, 6) is -2.37. The Morgan fingerprint density at radius 1 is 1.21 bits per heavy atom. The number of rotatable bonds is 7. The Morgan fingerprint density at radius 3 is 2.38 bits per heavy atom. The number of anilines is 1. The summed E-state index contributed by atoms with van der Waals surface area (Å²) in [6.45, 7) is 9.39. The van der Waals surface area contributed by atoms with Crippen molar-refractivity contribution in [2.75, 3.05) is 19.0 Å². The first-order valence-electron chi connectivity index (χ1n) is 12.3. The summed E-state index contributed by atoms with van der Waals surface area (Å²) >= 11 is 0. The Hall–Kier alpha value is -2.45. The molecule has 0 aliphatic carbocycles. The molecule has 3 fully saturated rings. The van der Waals surface area contributed by atoms with Crippen molar-refractivity contribution >= 4 is 23.4 Å². The molecule has 0 radical (unpaired) electrons. The van der Waals surface area contributed by atoms with Gasteiger partial charge in [0.25, 0.3) is 0 Å². The maximum Gasteiger partial charge on any atom is 0.250 e. The van der Waals surface area contributed by atoms with Gasteiger partial charge in [-0.25, -0.2) is 0 Å². The Morgan fingerprint density at radius 2 is 1.85 bits per heavy atom. The number of amides is 3. The van der Waals surface area contributed by atoms with Gasteiger partial charge in [-0.3, -0.25) is 14.4 Å². The largest absolute Gasteiger partial charge is 0.394 e. The van der Waals surface area contributed by atoms with E-state index in [-0.39, 0.29) is 30.2 Å². The van der Waals surface area contributed by atoms with Gasteiger partial charge >= 0.3 is 0 Å². The van der Waals surface area contributed by atoms with Gasteiger partial charge in [-0.05, 0) is 50.2 Å². The number of nitrogens with one attached hydrogen (secondary N) is 2. The summed E-state index contributed by atoms with van der Waals surface area (Å²) in [7, 11) is 1.57. The molecule has 6 atom stereocenters. The van der Waals surface area contributed by atoms with E-state index in [1.807, 2.05) is 52.8 Å². The third-order valence-corrected chi connectivity index (χ3v) is 8.44. The number of para-hydroxylation sites is 1. The van der Waals surface area contributed by atoms with E-state index in [0.717, 1.165) is 11.1 Å². The van der Waals surface area contributed by atoms with Crippen LogP contribution in [0.4, 0.5) is 5.69 Å². The maximum absolute atomic E-state index is 14.0. The minimum absolute atomic E-state index is 0.0875. The monoisotopic (exact) mass is 471 g/mol. The molecule has 186 valence electrons. The van der Waals surface area contributed by atoms with Crippen LogP contribution in [0.2, 0.25) is 0 Å². The molecule has 3 saturated heterocycles. The van der Waals surface area contributed by atoms with E-state index in [1.54, 1.807) is 7.05 Å². The van der Waals surface area contributed by atoms with Crippen LogP contribution in [0.15, 0.2) is 18.2 Å². The molecular weight excluding hydrogens is 434 g/mol. The van der Waals surface area contributed by atoms with Gasteiger partial charge in [-0.2, -0.15) is 0 Å². The molecule has 4 rings (SSSR count). The first kappa shape index (κ1) is 24.7. The third kappa shape index (κ3) is 3.29. The lowest BCUT2D eigenvalue weighted by molar-refractivity contribution is -0.150. The van der Waals surface area contributed by atoms with Crippen LogP contribution in [0.1, 0.15) is 51.2 Å². The fraction of sp³-hybridized carbons (Fsp3) is 0.654. The molecule has 0 aromatic heterocycles. The van der Waals surface area contributed by atoms with Crippen molar-refractivity contribution in [1.29, 1.82) is 0 Å². The number of aliphatic hydroxyl groups is 1. The number of likely N-dealkylation sites (tertiary alicyclic amines) is 1. The van der Waals surface area contributed by atoms with Crippen molar-refractivity contribution in [2.45, 2.75) is 77.2 Å². The van der Waals surface area contributed by atoms with E-state index in [9.17, 15) is 19.5 Å². The number of aliphatic hydroxyl groups excluding tert-OH is 1. The average molecular weight is 472 g/mol. The number of nitrogens with zero attached hydrogens (tertiary/aromatic N) is 1. The summed E-state index contributed by atoms with van der Waals surface area (Å²) in [6, 6.07) is 4.29. The Kier molecular flexibility index (Phi) is 6.27. The summed E-state index contributed by atoms with van der Waals surface area (Å²) in [4.78, 5) is 42.7. The van der Waals surface area contributed by atoms with Gasteiger partial charge in [0, 0.05) is 12.7 Å². The molecule has 8 nitrogen and oxygen atoms in total. The van der Waals surface area contributed by atoms with Gasteiger partial charge in [0.1, 0.15) is 11.6 Å². The molecule has 34 heavy (non-hydrogen) atoms. The van der Waals surface area contributed by atoms with Gasteiger partial charge in [0.15, 0.2) is 0 Å². The number of carbonyl (C=O) groups excluding carboxylic acids is 3. The second-order valence-corrected chi connectivity index (χ2v) is 10.4. The highest BCUT2D eigenvalue weighted by atomic mass is 16.5. The quantitative estimate of drug-likeness (QED) is 0.565. The van der Waals surface area contributed by atoms with Crippen molar-refractivity contribution in [1.82, 2.24) is 10.2 Å². The number of benzene rings is 1. The standard InChI is InChI=1S/C26H37N3O5/c1-7-25-11-12-26(34-25)19(18(25)22(31)27-6)24(33)29(17(13-30)14(2)3)21(26)23(32)28-20-15(4)9-8-10-16(20)5/h8-10,14,17-19,21,30H,7,11-13H2,1-6H3,(H,27,31)(H,28,32)/t17-,18+,19-,21?,25-,26?/m0/s1. The fourth-order valence-corrected chi connectivity index (χ4v) is 6.69. The second kappa shape index (κ2) is 8.64. The predicted octanol–water partition coefficient (Wildman–Crippen LogP) is 2.16. The smallest absolute Gasteiger partial charge is 0.250 e. The number of hydrogen-bond donors (Lipinski definition) is 3. The molecule has 2 unspecified atom stereocenters. The summed E-state index contributed by atoms with van der Waals surface area (Å²) in [5.41, 5.74) is 0.686. The van der Waals surface area contributed by atoms with Gasteiger partial charge in [0.05, 0.1) is 30.1 Å². The zero-order valence-electron chi connectivity index (χ0n) is 21.0. The summed E-state index contributed by atoms with van der Waals surface area (Å²) in [6.07, 6.45) is 1.70. The van der Waals surface area contributed by atoms with Crippen LogP contribution in [0.3, 0.4) is 0 Å². The van der Waals surface area contributed by atoms with Crippen LogP contribution in [-0.2, 0) is 19.1 Å². The molecule has 3 N–H and O–H groups in total. The topological polar surface area (TPSA) is 108 Å². The van der Waals surface area contributed by atoms with E-state index in [1.165, 1.54) is 4.90 Å². The first-order chi connectivity index (χ1) is 16.1. The molecule has 1 aromatic rings. The van der Waals surface area contributed by atoms with E-state index in [2.05, 4.69) is 10.6 Å². The maximum atomic E-state index is 14.0.